The number of hydrogen-bond acceptors (Lipinski definition) is 7. The van der Waals surface area contributed by atoms with Gasteiger partial charge in [-0.3, -0.25) is 0 Å². The van der Waals surface area contributed by atoms with Crippen molar-refractivity contribution in [3.63, 3.8) is 0 Å². The van der Waals surface area contributed by atoms with Crippen molar-refractivity contribution in [2.24, 2.45) is 0 Å². The molecule has 0 spiro atoms. The molecule has 2 rings (SSSR count). The molecule has 1 aromatic heterocycles. The Hall–Kier alpha value is -1.34. The van der Waals surface area contributed by atoms with Crippen molar-refractivity contribution in [2.45, 2.75) is 0 Å². The zero-order valence-corrected chi connectivity index (χ0v) is 9.75. The van der Waals surface area contributed by atoms with E-state index in [9.17, 15) is 4.79 Å². The molecule has 2 heterocycles. The van der Waals surface area contributed by atoms with E-state index in [1.165, 1.54) is 18.4 Å². The smallest absolute Gasteiger partial charge is 0.437 e. The molecule has 0 radical (unpaired) electrons. The molecular formula is C9H13N3O3S. The fraction of sp³-hybridized carbons (Fsp3) is 0.556. The van der Waals surface area contributed by atoms with Crippen LogP contribution < -0.4 is 15.0 Å². The highest BCUT2D eigenvalue weighted by Crippen LogP contribution is 2.25. The Bertz CT molecular complexity index is 363. The second kappa shape index (κ2) is 5.13. The number of aromatic nitrogens is 1. The summed E-state index contributed by atoms with van der Waals surface area (Å²) >= 11 is 1.46. The van der Waals surface area contributed by atoms with Gasteiger partial charge in [-0.15, -0.1) is 11.3 Å². The lowest BCUT2D eigenvalue weighted by Gasteiger charge is -2.26. The standard InChI is InChI=1S/C9H13N3O3S/c1-14-9(13)15-7-6-16-8(11-7)12-4-2-10-3-5-12/h6,10H,2-5H2,1H3. The first kappa shape index (κ1) is 11.2. The molecule has 1 aromatic rings. The summed E-state index contributed by atoms with van der Waals surface area (Å²) in [5, 5.41) is 5.84. The van der Waals surface area contributed by atoms with Gasteiger partial charge in [0.1, 0.15) is 0 Å². The van der Waals surface area contributed by atoms with E-state index in [0.717, 1.165) is 31.3 Å². The molecule has 0 saturated carbocycles. The maximum Gasteiger partial charge on any atom is 0.514 e. The van der Waals surface area contributed by atoms with E-state index in [-0.39, 0.29) is 0 Å². The number of thiazole rings is 1. The molecule has 0 aliphatic carbocycles. The van der Waals surface area contributed by atoms with Gasteiger partial charge in [0.25, 0.3) is 0 Å². The van der Waals surface area contributed by atoms with Crippen LogP contribution in [0.4, 0.5) is 9.93 Å². The molecule has 0 unspecified atom stereocenters. The van der Waals surface area contributed by atoms with Gasteiger partial charge in [-0.05, 0) is 0 Å². The lowest BCUT2D eigenvalue weighted by Crippen LogP contribution is -2.43. The highest BCUT2D eigenvalue weighted by atomic mass is 32.1. The normalized spacial score (nSPS) is 15.9. The number of piperazine rings is 1. The van der Waals surface area contributed by atoms with Crippen LogP contribution in [-0.4, -0.2) is 44.4 Å². The third-order valence-electron chi connectivity index (χ3n) is 2.21. The fourth-order valence-electron chi connectivity index (χ4n) is 1.43. The maximum absolute atomic E-state index is 10.9. The van der Waals surface area contributed by atoms with Crippen molar-refractivity contribution in [1.29, 1.82) is 0 Å². The van der Waals surface area contributed by atoms with Crippen LogP contribution in [0.2, 0.25) is 0 Å². The predicted octanol–water partition coefficient (Wildman–Crippen LogP) is 0.698. The van der Waals surface area contributed by atoms with Crippen LogP contribution in [0.25, 0.3) is 0 Å². The third-order valence-corrected chi connectivity index (χ3v) is 3.09. The van der Waals surface area contributed by atoms with Gasteiger partial charge in [-0.25, -0.2) is 4.79 Å². The van der Waals surface area contributed by atoms with E-state index in [1.54, 1.807) is 5.38 Å². The summed E-state index contributed by atoms with van der Waals surface area (Å²) in [6, 6.07) is 0. The van der Waals surface area contributed by atoms with Gasteiger partial charge in [0.05, 0.1) is 12.5 Å². The van der Waals surface area contributed by atoms with Crippen molar-refractivity contribution >= 4 is 22.6 Å². The van der Waals surface area contributed by atoms with Gasteiger partial charge in [-0.1, -0.05) is 0 Å². The summed E-state index contributed by atoms with van der Waals surface area (Å²) in [7, 11) is 1.27. The fourth-order valence-corrected chi connectivity index (χ4v) is 2.21. The van der Waals surface area contributed by atoms with Gasteiger partial charge in [0, 0.05) is 26.2 Å². The SMILES string of the molecule is COC(=O)Oc1csc(N2CCNCC2)n1. The summed E-state index contributed by atoms with van der Waals surface area (Å²) in [5.74, 6) is 0.297. The highest BCUT2D eigenvalue weighted by Gasteiger charge is 2.15. The van der Waals surface area contributed by atoms with E-state index < -0.39 is 6.16 Å². The minimum Gasteiger partial charge on any atom is -0.437 e. The number of methoxy groups -OCH3 is 1. The molecule has 1 aliphatic rings. The van der Waals surface area contributed by atoms with E-state index >= 15 is 0 Å². The number of ether oxygens (including phenoxy) is 2. The van der Waals surface area contributed by atoms with Crippen LogP contribution in [0.3, 0.4) is 0 Å². The maximum atomic E-state index is 10.9. The summed E-state index contributed by atoms with van der Waals surface area (Å²) in [6.07, 6.45) is -0.739. The van der Waals surface area contributed by atoms with Crippen molar-refractivity contribution in [1.82, 2.24) is 10.3 Å². The minimum absolute atomic E-state index is 0.297. The van der Waals surface area contributed by atoms with E-state index in [0.29, 0.717) is 5.88 Å². The van der Waals surface area contributed by atoms with Crippen LogP contribution in [0, 0.1) is 0 Å². The van der Waals surface area contributed by atoms with Crippen molar-refractivity contribution in [3.8, 4) is 5.88 Å². The lowest BCUT2D eigenvalue weighted by atomic mass is 10.4. The summed E-state index contributed by atoms with van der Waals surface area (Å²) < 4.78 is 9.22. The largest absolute Gasteiger partial charge is 0.514 e. The minimum atomic E-state index is -0.739. The molecule has 7 heteroatoms. The summed E-state index contributed by atoms with van der Waals surface area (Å²) in [5.41, 5.74) is 0. The quantitative estimate of drug-likeness (QED) is 0.771. The first-order chi connectivity index (χ1) is 7.79. The number of hydrogen-bond donors (Lipinski definition) is 1. The number of carbonyl (C=O) groups is 1. The Morgan fingerprint density at radius 1 is 1.56 bits per heavy atom. The molecule has 0 bridgehead atoms. The van der Waals surface area contributed by atoms with Crippen LogP contribution in [0.15, 0.2) is 5.38 Å². The predicted molar refractivity (Wildman–Crippen MR) is 60.2 cm³/mol. The molecule has 1 saturated heterocycles. The molecular weight excluding hydrogens is 230 g/mol. The number of rotatable bonds is 2. The van der Waals surface area contributed by atoms with E-state index in [2.05, 4.69) is 19.9 Å². The molecule has 1 aliphatic heterocycles. The van der Waals surface area contributed by atoms with E-state index in [4.69, 9.17) is 4.74 Å². The van der Waals surface area contributed by atoms with Crippen molar-refractivity contribution in [2.75, 3.05) is 38.2 Å². The average Bonchev–Trinajstić information content (AvgIpc) is 2.78. The van der Waals surface area contributed by atoms with Crippen molar-refractivity contribution < 1.29 is 14.3 Å². The number of nitrogens with one attached hydrogen (secondary N) is 1. The Kier molecular flexibility index (Phi) is 3.58. The summed E-state index contributed by atoms with van der Waals surface area (Å²) in [4.78, 5) is 17.2. The van der Waals surface area contributed by atoms with Crippen LogP contribution >= 0.6 is 11.3 Å². The average molecular weight is 243 g/mol. The number of carbonyl (C=O) groups excluding carboxylic acids is 1. The van der Waals surface area contributed by atoms with Gasteiger partial charge < -0.3 is 19.7 Å². The van der Waals surface area contributed by atoms with Gasteiger partial charge in [-0.2, -0.15) is 4.98 Å². The molecule has 0 amide bonds. The first-order valence-electron chi connectivity index (χ1n) is 4.96. The number of nitrogens with zero attached hydrogens (tertiary/aromatic N) is 2. The molecule has 6 nitrogen and oxygen atoms in total. The molecule has 1 N–H and O–H groups in total. The monoisotopic (exact) mass is 243 g/mol. The Balaban J connectivity index is 1.98. The Morgan fingerprint density at radius 2 is 2.31 bits per heavy atom. The van der Waals surface area contributed by atoms with E-state index in [1.807, 2.05) is 0 Å². The first-order valence-corrected chi connectivity index (χ1v) is 5.84. The topological polar surface area (TPSA) is 63.7 Å². The summed E-state index contributed by atoms with van der Waals surface area (Å²) in [6.45, 7) is 3.75. The Morgan fingerprint density at radius 3 is 3.00 bits per heavy atom. The number of anilines is 1. The van der Waals surface area contributed by atoms with Gasteiger partial charge in [0.15, 0.2) is 5.13 Å². The lowest BCUT2D eigenvalue weighted by molar-refractivity contribution is 0.120. The zero-order valence-electron chi connectivity index (χ0n) is 8.93. The van der Waals surface area contributed by atoms with Crippen LogP contribution in [-0.2, 0) is 4.74 Å². The second-order valence-corrected chi connectivity index (χ2v) is 4.10. The zero-order chi connectivity index (χ0) is 11.4. The van der Waals surface area contributed by atoms with Gasteiger partial charge >= 0.3 is 6.16 Å². The Labute approximate surface area is 97.2 Å². The van der Waals surface area contributed by atoms with Gasteiger partial charge in [0.2, 0.25) is 5.88 Å². The second-order valence-electron chi connectivity index (χ2n) is 3.26. The molecule has 1 fully saturated rings. The highest BCUT2D eigenvalue weighted by molar-refractivity contribution is 7.13. The molecule has 16 heavy (non-hydrogen) atoms. The van der Waals surface area contributed by atoms with Crippen LogP contribution in [0.5, 0.6) is 5.88 Å². The molecule has 0 aromatic carbocycles. The molecule has 0 atom stereocenters. The van der Waals surface area contributed by atoms with Crippen molar-refractivity contribution in [3.05, 3.63) is 5.38 Å². The van der Waals surface area contributed by atoms with Crippen LogP contribution in [0.1, 0.15) is 0 Å². The third kappa shape index (κ3) is 2.61. The molecule has 88 valence electrons.